The second-order valence-electron chi connectivity index (χ2n) is 8.87. The summed E-state index contributed by atoms with van der Waals surface area (Å²) < 4.78 is 0. The molecule has 2 saturated heterocycles. The highest BCUT2D eigenvalue weighted by Gasteiger charge is 2.30. The van der Waals surface area contributed by atoms with Gasteiger partial charge >= 0.3 is 0 Å². The van der Waals surface area contributed by atoms with Gasteiger partial charge in [-0.25, -0.2) is 0 Å². The molecule has 5 heteroatoms. The zero-order valence-electron chi connectivity index (χ0n) is 17.1. The summed E-state index contributed by atoms with van der Waals surface area (Å²) in [5.41, 5.74) is 2.61. The van der Waals surface area contributed by atoms with Crippen LogP contribution in [0.3, 0.4) is 0 Å². The van der Waals surface area contributed by atoms with Crippen LogP contribution >= 0.6 is 0 Å². The molecule has 5 nitrogen and oxygen atoms in total. The van der Waals surface area contributed by atoms with Crippen LogP contribution in [0.25, 0.3) is 0 Å². The van der Waals surface area contributed by atoms with Crippen LogP contribution in [0.5, 0.6) is 0 Å². The number of hydrogen-bond donors (Lipinski definition) is 1. The third kappa shape index (κ3) is 4.50. The lowest BCUT2D eigenvalue weighted by molar-refractivity contribution is -0.117. The highest BCUT2D eigenvalue weighted by atomic mass is 16.2. The summed E-state index contributed by atoms with van der Waals surface area (Å²) in [6, 6.07) is 5.87. The summed E-state index contributed by atoms with van der Waals surface area (Å²) in [5.74, 6) is 1.14. The van der Waals surface area contributed by atoms with Crippen LogP contribution < -0.4 is 10.2 Å². The van der Waals surface area contributed by atoms with Gasteiger partial charge in [-0.2, -0.15) is 0 Å². The Morgan fingerprint density at radius 3 is 2.25 bits per heavy atom. The maximum atomic E-state index is 13.3. The molecule has 2 aliphatic heterocycles. The second kappa shape index (κ2) is 8.54. The third-order valence-corrected chi connectivity index (χ3v) is 6.46. The van der Waals surface area contributed by atoms with Crippen LogP contribution in [-0.4, -0.2) is 42.9 Å². The highest BCUT2D eigenvalue weighted by Crippen LogP contribution is 2.33. The summed E-state index contributed by atoms with van der Waals surface area (Å²) >= 11 is 0. The number of benzene rings is 1. The zero-order valence-corrected chi connectivity index (χ0v) is 17.1. The van der Waals surface area contributed by atoms with Gasteiger partial charge in [-0.15, -0.1) is 0 Å². The molecule has 2 amide bonds. The van der Waals surface area contributed by atoms with Crippen molar-refractivity contribution in [2.75, 3.05) is 36.4 Å². The van der Waals surface area contributed by atoms with Gasteiger partial charge in [0.1, 0.15) is 0 Å². The lowest BCUT2D eigenvalue weighted by Gasteiger charge is -2.32. The number of anilines is 2. The number of nitrogens with zero attached hydrogens (tertiary/aromatic N) is 2. The second-order valence-corrected chi connectivity index (χ2v) is 8.87. The van der Waals surface area contributed by atoms with E-state index in [0.717, 1.165) is 81.6 Å². The van der Waals surface area contributed by atoms with E-state index in [0.29, 0.717) is 5.92 Å². The first kappa shape index (κ1) is 19.3. The predicted molar refractivity (Wildman–Crippen MR) is 113 cm³/mol. The molecule has 152 valence electrons. The van der Waals surface area contributed by atoms with E-state index in [9.17, 15) is 9.59 Å². The van der Waals surface area contributed by atoms with Crippen molar-refractivity contribution in [1.82, 2.24) is 4.90 Å². The van der Waals surface area contributed by atoms with Crippen LogP contribution in [0.2, 0.25) is 0 Å². The molecule has 0 spiro atoms. The SMILES string of the molecule is CC1CCN(C(=O)c2ccc(NC(=O)C3CC3)cc2N2CCCCCC2)CC1. The Morgan fingerprint density at radius 2 is 1.61 bits per heavy atom. The van der Waals surface area contributed by atoms with Crippen LogP contribution in [0.1, 0.15) is 68.6 Å². The van der Waals surface area contributed by atoms with E-state index in [1.54, 1.807) is 0 Å². The normalized spacial score (nSPS) is 21.3. The van der Waals surface area contributed by atoms with Gasteiger partial charge in [0, 0.05) is 37.8 Å². The molecule has 0 radical (unpaired) electrons. The standard InChI is InChI=1S/C23H33N3O2/c1-17-10-14-26(15-11-17)23(28)20-9-8-19(24-22(27)18-6-7-18)16-21(20)25-12-4-2-3-5-13-25/h8-9,16-18H,2-7,10-15H2,1H3,(H,24,27). The quantitative estimate of drug-likeness (QED) is 0.844. The smallest absolute Gasteiger partial charge is 0.255 e. The molecule has 3 aliphatic rings. The molecule has 2 heterocycles. The number of carbonyl (C=O) groups is 2. The molecule has 0 aromatic heterocycles. The Labute approximate surface area is 168 Å². The molecule has 3 fully saturated rings. The van der Waals surface area contributed by atoms with Gasteiger partial charge in [0.2, 0.25) is 5.91 Å². The summed E-state index contributed by atoms with van der Waals surface area (Å²) in [7, 11) is 0. The first-order valence-corrected chi connectivity index (χ1v) is 11.1. The lowest BCUT2D eigenvalue weighted by Crippen LogP contribution is -2.39. The minimum Gasteiger partial charge on any atom is -0.371 e. The van der Waals surface area contributed by atoms with E-state index in [-0.39, 0.29) is 17.7 Å². The van der Waals surface area contributed by atoms with Crippen molar-refractivity contribution in [1.29, 1.82) is 0 Å². The predicted octanol–water partition coefficient (Wildman–Crippen LogP) is 4.29. The average molecular weight is 384 g/mol. The van der Waals surface area contributed by atoms with Crippen molar-refractivity contribution >= 4 is 23.2 Å². The largest absolute Gasteiger partial charge is 0.371 e. The number of hydrogen-bond acceptors (Lipinski definition) is 3. The topological polar surface area (TPSA) is 52.7 Å². The fourth-order valence-corrected chi connectivity index (χ4v) is 4.34. The Morgan fingerprint density at radius 1 is 0.929 bits per heavy atom. The molecule has 28 heavy (non-hydrogen) atoms. The molecule has 0 atom stereocenters. The van der Waals surface area contributed by atoms with E-state index < -0.39 is 0 Å². The molecule has 0 bridgehead atoms. The van der Waals surface area contributed by atoms with Crippen LogP contribution in [0.15, 0.2) is 18.2 Å². The number of amides is 2. The summed E-state index contributed by atoms with van der Waals surface area (Å²) in [6.07, 6.45) is 8.98. The number of rotatable bonds is 4. The first-order valence-electron chi connectivity index (χ1n) is 11.1. The molecule has 1 aliphatic carbocycles. The molecule has 4 rings (SSSR count). The first-order chi connectivity index (χ1) is 13.6. The van der Waals surface area contributed by atoms with Gasteiger partial charge in [-0.1, -0.05) is 19.8 Å². The van der Waals surface area contributed by atoms with Crippen molar-refractivity contribution in [2.24, 2.45) is 11.8 Å². The monoisotopic (exact) mass is 383 g/mol. The van der Waals surface area contributed by atoms with Gasteiger partial charge in [0.15, 0.2) is 0 Å². The van der Waals surface area contributed by atoms with Crippen LogP contribution in [0, 0.1) is 11.8 Å². The number of likely N-dealkylation sites (tertiary alicyclic amines) is 1. The fourth-order valence-electron chi connectivity index (χ4n) is 4.34. The van der Waals surface area contributed by atoms with E-state index in [1.807, 2.05) is 23.1 Å². The van der Waals surface area contributed by atoms with E-state index in [2.05, 4.69) is 17.1 Å². The van der Waals surface area contributed by atoms with Gasteiger partial charge in [-0.3, -0.25) is 9.59 Å². The van der Waals surface area contributed by atoms with Gasteiger partial charge < -0.3 is 15.1 Å². The molecule has 1 aromatic rings. The Hall–Kier alpha value is -2.04. The van der Waals surface area contributed by atoms with Crippen molar-refractivity contribution in [3.8, 4) is 0 Å². The maximum absolute atomic E-state index is 13.3. The minimum absolute atomic E-state index is 0.117. The number of piperidine rings is 1. The van der Waals surface area contributed by atoms with Crippen molar-refractivity contribution < 1.29 is 9.59 Å². The van der Waals surface area contributed by atoms with Crippen molar-refractivity contribution in [3.63, 3.8) is 0 Å². The number of nitrogens with one attached hydrogen (secondary N) is 1. The summed E-state index contributed by atoms with van der Waals surface area (Å²) in [5, 5.41) is 3.06. The van der Waals surface area contributed by atoms with E-state index in [4.69, 9.17) is 0 Å². The average Bonchev–Trinajstić information content (AvgIpc) is 3.55. The summed E-state index contributed by atoms with van der Waals surface area (Å²) in [6.45, 7) is 5.93. The van der Waals surface area contributed by atoms with Gasteiger partial charge in [-0.05, 0) is 62.6 Å². The Balaban J connectivity index is 1.59. The maximum Gasteiger partial charge on any atom is 0.255 e. The van der Waals surface area contributed by atoms with Crippen molar-refractivity contribution in [3.05, 3.63) is 23.8 Å². The summed E-state index contributed by atoms with van der Waals surface area (Å²) in [4.78, 5) is 29.9. The molecule has 0 unspecified atom stereocenters. The highest BCUT2D eigenvalue weighted by molar-refractivity contribution is 6.02. The lowest BCUT2D eigenvalue weighted by atomic mass is 9.98. The zero-order chi connectivity index (χ0) is 19.5. The Bertz CT molecular complexity index is 713. The van der Waals surface area contributed by atoms with E-state index >= 15 is 0 Å². The molecule has 1 aromatic carbocycles. The molecular formula is C23H33N3O2. The molecule has 1 saturated carbocycles. The van der Waals surface area contributed by atoms with Crippen molar-refractivity contribution in [2.45, 2.75) is 58.3 Å². The van der Waals surface area contributed by atoms with Crippen LogP contribution in [-0.2, 0) is 4.79 Å². The van der Waals surface area contributed by atoms with Gasteiger partial charge in [0.25, 0.3) is 5.91 Å². The van der Waals surface area contributed by atoms with Crippen LogP contribution in [0.4, 0.5) is 11.4 Å². The third-order valence-electron chi connectivity index (χ3n) is 6.46. The molecule has 1 N–H and O–H groups in total. The molecular weight excluding hydrogens is 350 g/mol. The van der Waals surface area contributed by atoms with Gasteiger partial charge in [0.05, 0.1) is 11.3 Å². The number of carbonyl (C=O) groups excluding carboxylic acids is 2. The minimum atomic E-state index is 0.117. The Kier molecular flexibility index (Phi) is 5.88. The van der Waals surface area contributed by atoms with E-state index in [1.165, 1.54) is 12.8 Å². The fraction of sp³-hybridized carbons (Fsp3) is 0.652.